The quantitative estimate of drug-likeness (QED) is 0.521. The van der Waals surface area contributed by atoms with Gasteiger partial charge in [0.15, 0.2) is 0 Å². The first-order valence-electron chi connectivity index (χ1n) is 8.73. The van der Waals surface area contributed by atoms with Crippen LogP contribution in [0.15, 0.2) is 24.3 Å². The molecule has 2 rings (SSSR count). The summed E-state index contributed by atoms with van der Waals surface area (Å²) in [6.07, 6.45) is 3.28. The van der Waals surface area contributed by atoms with Gasteiger partial charge in [0.1, 0.15) is 17.3 Å². The van der Waals surface area contributed by atoms with Crippen molar-refractivity contribution in [3.63, 3.8) is 0 Å². The molecule has 0 radical (unpaired) electrons. The summed E-state index contributed by atoms with van der Waals surface area (Å²) in [5.41, 5.74) is 0.799. The zero-order chi connectivity index (χ0) is 19.8. The van der Waals surface area contributed by atoms with Gasteiger partial charge in [-0.15, -0.1) is 0 Å². The molecule has 0 saturated heterocycles. The predicted molar refractivity (Wildman–Crippen MR) is 106 cm³/mol. The van der Waals surface area contributed by atoms with Crippen LogP contribution >= 0.6 is 11.6 Å². The summed E-state index contributed by atoms with van der Waals surface area (Å²) in [6, 6.07) is 6.10. The molecule has 8 heteroatoms. The molecule has 0 aliphatic carbocycles. The molecule has 1 aromatic heterocycles. The van der Waals surface area contributed by atoms with E-state index in [1.807, 2.05) is 0 Å². The maximum atomic E-state index is 12.6. The van der Waals surface area contributed by atoms with Crippen molar-refractivity contribution in [2.75, 3.05) is 24.3 Å². The molecule has 0 saturated carbocycles. The Morgan fingerprint density at radius 3 is 2.67 bits per heavy atom. The van der Waals surface area contributed by atoms with E-state index in [-0.39, 0.29) is 11.3 Å². The van der Waals surface area contributed by atoms with Crippen LogP contribution in [0.5, 0.6) is 0 Å². The molecule has 0 bridgehead atoms. The summed E-state index contributed by atoms with van der Waals surface area (Å²) in [5, 5.41) is 6.19. The maximum Gasteiger partial charge on any atom is 0.337 e. The second-order valence-corrected chi connectivity index (χ2v) is 6.37. The number of aromatic nitrogens is 2. The van der Waals surface area contributed by atoms with Crippen LogP contribution in [-0.2, 0) is 4.74 Å². The molecule has 0 spiro atoms. The zero-order valence-electron chi connectivity index (χ0n) is 15.6. The van der Waals surface area contributed by atoms with Crippen LogP contribution in [-0.4, -0.2) is 35.5 Å². The number of rotatable bonds is 8. The molecule has 2 N–H and O–H groups in total. The maximum absolute atomic E-state index is 12.6. The van der Waals surface area contributed by atoms with Crippen molar-refractivity contribution >= 4 is 35.0 Å². The highest BCUT2D eigenvalue weighted by Crippen LogP contribution is 2.24. The number of amides is 1. The molecule has 7 nitrogen and oxygen atoms in total. The molecule has 1 heterocycles. The molecular weight excluding hydrogens is 368 g/mol. The first-order chi connectivity index (χ1) is 12.9. The SMILES string of the molecule is CCCCCNc1cc(C(=O)Nc2cc(C(=O)OC)ccc2Cl)nc(C)n1. The predicted octanol–water partition coefficient (Wildman–Crippen LogP) is 4.08. The molecular formula is C19H23ClN4O3. The van der Waals surface area contributed by atoms with E-state index < -0.39 is 11.9 Å². The molecule has 27 heavy (non-hydrogen) atoms. The van der Waals surface area contributed by atoms with E-state index in [2.05, 4.69) is 32.3 Å². The molecule has 0 atom stereocenters. The van der Waals surface area contributed by atoms with E-state index in [1.54, 1.807) is 13.0 Å². The number of hydrogen-bond acceptors (Lipinski definition) is 6. The number of ether oxygens (including phenoxy) is 1. The van der Waals surface area contributed by atoms with E-state index in [9.17, 15) is 9.59 Å². The summed E-state index contributed by atoms with van der Waals surface area (Å²) in [7, 11) is 1.29. The van der Waals surface area contributed by atoms with Gasteiger partial charge < -0.3 is 15.4 Å². The molecule has 0 aliphatic rings. The Bertz CT molecular complexity index is 827. The zero-order valence-corrected chi connectivity index (χ0v) is 16.4. The van der Waals surface area contributed by atoms with Crippen molar-refractivity contribution in [2.45, 2.75) is 33.1 Å². The highest BCUT2D eigenvalue weighted by molar-refractivity contribution is 6.34. The van der Waals surface area contributed by atoms with Crippen LogP contribution < -0.4 is 10.6 Å². The fourth-order valence-electron chi connectivity index (χ4n) is 2.42. The number of carbonyl (C=O) groups is 2. The van der Waals surface area contributed by atoms with Crippen molar-refractivity contribution in [1.82, 2.24) is 9.97 Å². The molecule has 144 valence electrons. The van der Waals surface area contributed by atoms with Gasteiger partial charge >= 0.3 is 5.97 Å². The van der Waals surface area contributed by atoms with Crippen molar-refractivity contribution in [3.05, 3.63) is 46.4 Å². The van der Waals surface area contributed by atoms with Gasteiger partial charge in [0.25, 0.3) is 5.91 Å². The third kappa shape index (κ3) is 5.92. The second kappa shape index (κ2) is 9.87. The lowest BCUT2D eigenvalue weighted by Gasteiger charge is -2.11. The van der Waals surface area contributed by atoms with Gasteiger partial charge in [-0.05, 0) is 31.5 Å². The van der Waals surface area contributed by atoms with Gasteiger partial charge in [0.05, 0.1) is 23.4 Å². The number of nitrogens with zero attached hydrogens (tertiary/aromatic N) is 2. The second-order valence-electron chi connectivity index (χ2n) is 5.96. The summed E-state index contributed by atoms with van der Waals surface area (Å²) < 4.78 is 4.68. The number of nitrogens with one attached hydrogen (secondary N) is 2. The molecule has 1 amide bonds. The van der Waals surface area contributed by atoms with Gasteiger partial charge in [0.2, 0.25) is 0 Å². The summed E-state index contributed by atoms with van der Waals surface area (Å²) in [5.74, 6) is 0.118. The highest BCUT2D eigenvalue weighted by atomic mass is 35.5. The van der Waals surface area contributed by atoms with E-state index in [0.717, 1.165) is 25.8 Å². The van der Waals surface area contributed by atoms with Crippen molar-refractivity contribution in [2.24, 2.45) is 0 Å². The fraction of sp³-hybridized carbons (Fsp3) is 0.368. The number of methoxy groups -OCH3 is 1. The van der Waals surface area contributed by atoms with Gasteiger partial charge in [-0.25, -0.2) is 14.8 Å². The van der Waals surface area contributed by atoms with Crippen LogP contribution in [0.1, 0.15) is 52.9 Å². The fourth-order valence-corrected chi connectivity index (χ4v) is 2.58. The van der Waals surface area contributed by atoms with Gasteiger partial charge in [-0.2, -0.15) is 0 Å². The first kappa shape index (κ1) is 20.6. The number of esters is 1. The van der Waals surface area contributed by atoms with E-state index in [1.165, 1.54) is 25.3 Å². The Labute approximate surface area is 163 Å². The summed E-state index contributed by atoms with van der Waals surface area (Å²) in [4.78, 5) is 32.7. The lowest BCUT2D eigenvalue weighted by molar-refractivity contribution is 0.0600. The third-order valence-electron chi connectivity index (χ3n) is 3.79. The average molecular weight is 391 g/mol. The molecule has 0 unspecified atom stereocenters. The lowest BCUT2D eigenvalue weighted by Crippen LogP contribution is -2.16. The Balaban J connectivity index is 2.16. The Morgan fingerprint density at radius 2 is 1.96 bits per heavy atom. The van der Waals surface area contributed by atoms with Crippen LogP contribution in [0.4, 0.5) is 11.5 Å². The normalized spacial score (nSPS) is 10.4. The summed E-state index contributed by atoms with van der Waals surface area (Å²) >= 11 is 6.12. The monoisotopic (exact) mass is 390 g/mol. The standard InChI is InChI=1S/C19H23ClN4O3/c1-4-5-6-9-21-17-11-16(22-12(2)23-17)18(25)24-15-10-13(19(26)27-3)7-8-14(15)20/h7-8,10-11H,4-6,9H2,1-3H3,(H,24,25)(H,21,22,23). The van der Waals surface area contributed by atoms with Crippen LogP contribution in [0, 0.1) is 6.92 Å². The van der Waals surface area contributed by atoms with E-state index >= 15 is 0 Å². The summed E-state index contributed by atoms with van der Waals surface area (Å²) in [6.45, 7) is 4.63. The third-order valence-corrected chi connectivity index (χ3v) is 4.12. The minimum Gasteiger partial charge on any atom is -0.465 e. The number of unbranched alkanes of at least 4 members (excludes halogenated alkanes) is 2. The van der Waals surface area contributed by atoms with Gasteiger partial charge in [-0.1, -0.05) is 31.4 Å². The number of anilines is 2. The van der Waals surface area contributed by atoms with Crippen molar-refractivity contribution in [1.29, 1.82) is 0 Å². The van der Waals surface area contributed by atoms with Crippen LogP contribution in [0.25, 0.3) is 0 Å². The molecule has 0 aliphatic heterocycles. The first-order valence-corrected chi connectivity index (χ1v) is 9.11. The molecule has 1 aromatic carbocycles. The topological polar surface area (TPSA) is 93.2 Å². The number of benzene rings is 1. The Kier molecular flexibility index (Phi) is 7.55. The van der Waals surface area contributed by atoms with Crippen molar-refractivity contribution < 1.29 is 14.3 Å². The smallest absolute Gasteiger partial charge is 0.337 e. The highest BCUT2D eigenvalue weighted by Gasteiger charge is 2.15. The number of aryl methyl sites for hydroxylation is 1. The van der Waals surface area contributed by atoms with Crippen LogP contribution in [0.3, 0.4) is 0 Å². The lowest BCUT2D eigenvalue weighted by atomic mass is 10.2. The minimum atomic E-state index is -0.515. The van der Waals surface area contributed by atoms with E-state index in [0.29, 0.717) is 22.4 Å². The molecule has 2 aromatic rings. The minimum absolute atomic E-state index is 0.208. The number of halogens is 1. The van der Waals surface area contributed by atoms with Gasteiger partial charge in [-0.3, -0.25) is 4.79 Å². The van der Waals surface area contributed by atoms with Gasteiger partial charge in [0, 0.05) is 12.6 Å². The number of carbonyl (C=O) groups excluding carboxylic acids is 2. The Hall–Kier alpha value is -2.67. The Morgan fingerprint density at radius 1 is 1.19 bits per heavy atom. The number of hydrogen-bond donors (Lipinski definition) is 2. The van der Waals surface area contributed by atoms with Crippen molar-refractivity contribution in [3.8, 4) is 0 Å². The molecule has 0 fully saturated rings. The van der Waals surface area contributed by atoms with E-state index in [4.69, 9.17) is 11.6 Å². The largest absolute Gasteiger partial charge is 0.465 e. The van der Waals surface area contributed by atoms with Crippen LogP contribution in [0.2, 0.25) is 5.02 Å². The average Bonchev–Trinajstić information content (AvgIpc) is 2.66.